The molecule has 0 aliphatic rings. The molecule has 0 spiro atoms. The number of anilines is 2. The molecule has 0 aliphatic heterocycles. The fraction of sp³-hybridized carbons (Fsp3) is 0.103. The van der Waals surface area contributed by atoms with Crippen LogP contribution in [0.2, 0.25) is 0 Å². The molecule has 0 heterocycles. The highest BCUT2D eigenvalue weighted by Gasteiger charge is 2.19. The first kappa shape index (κ1) is 27.7. The van der Waals surface area contributed by atoms with Gasteiger partial charge in [-0.05, 0) is 66.1 Å². The minimum absolute atomic E-state index is 0.0293. The van der Waals surface area contributed by atoms with E-state index in [0.717, 1.165) is 23.6 Å². The van der Waals surface area contributed by atoms with Gasteiger partial charge in [0.15, 0.2) is 19.7 Å². The highest BCUT2D eigenvalue weighted by atomic mass is 32.2. The van der Waals surface area contributed by atoms with E-state index in [0.29, 0.717) is 17.8 Å². The molecule has 4 aromatic rings. The van der Waals surface area contributed by atoms with Crippen molar-refractivity contribution in [1.29, 1.82) is 0 Å². The fourth-order valence-corrected chi connectivity index (χ4v) is 5.77. The summed E-state index contributed by atoms with van der Waals surface area (Å²) in [4.78, 5) is 25.3. The highest BCUT2D eigenvalue weighted by Crippen LogP contribution is 2.21. The number of carbonyl (C=O) groups excluding carboxylic acids is 2. The number of nitrogens with one attached hydrogen (secondary N) is 2. The molecule has 2 amide bonds. The topological polar surface area (TPSA) is 126 Å². The van der Waals surface area contributed by atoms with Crippen LogP contribution in [0.25, 0.3) is 0 Å². The van der Waals surface area contributed by atoms with Gasteiger partial charge in [-0.3, -0.25) is 9.59 Å². The summed E-state index contributed by atoms with van der Waals surface area (Å²) >= 11 is 0. The standard InChI is InChI=1S/C29H26N2O6S2/c1-38(34,35)26-9-5-3-7-24(26)28(32)30-22-15-11-20(12-16-22)19-21-13-17-23(18-14-21)31-29(33)25-8-4-6-10-27(25)39(2,36)37/h3-18H,19H2,1-2H3,(H,30,32)(H,31,33). The van der Waals surface area contributed by atoms with Gasteiger partial charge >= 0.3 is 0 Å². The monoisotopic (exact) mass is 562 g/mol. The van der Waals surface area contributed by atoms with E-state index >= 15 is 0 Å². The number of carbonyl (C=O) groups is 2. The van der Waals surface area contributed by atoms with E-state index in [1.807, 2.05) is 24.3 Å². The van der Waals surface area contributed by atoms with Crippen molar-refractivity contribution in [3.05, 3.63) is 119 Å². The van der Waals surface area contributed by atoms with Crippen LogP contribution in [0.4, 0.5) is 11.4 Å². The Labute approximate surface area is 227 Å². The van der Waals surface area contributed by atoms with E-state index in [-0.39, 0.29) is 20.9 Å². The predicted octanol–water partition coefficient (Wildman–Crippen LogP) is 4.59. The number of hydrogen-bond donors (Lipinski definition) is 2. The summed E-state index contributed by atoms with van der Waals surface area (Å²) in [5.41, 5.74) is 3.16. The summed E-state index contributed by atoms with van der Waals surface area (Å²) in [5, 5.41) is 5.47. The Hall–Kier alpha value is -4.28. The van der Waals surface area contributed by atoms with Crippen molar-refractivity contribution in [3.8, 4) is 0 Å². The smallest absolute Gasteiger partial charge is 0.256 e. The van der Waals surface area contributed by atoms with E-state index in [2.05, 4.69) is 10.6 Å². The van der Waals surface area contributed by atoms with E-state index in [9.17, 15) is 26.4 Å². The summed E-state index contributed by atoms with van der Waals surface area (Å²) in [5.74, 6) is -1.03. The van der Waals surface area contributed by atoms with Crippen molar-refractivity contribution in [2.75, 3.05) is 23.1 Å². The molecule has 0 atom stereocenters. The van der Waals surface area contributed by atoms with Gasteiger partial charge in [0.05, 0.1) is 20.9 Å². The molecule has 0 radical (unpaired) electrons. The minimum Gasteiger partial charge on any atom is -0.322 e. The predicted molar refractivity (Wildman–Crippen MR) is 151 cm³/mol. The molecule has 4 aromatic carbocycles. The van der Waals surface area contributed by atoms with Crippen LogP contribution in [0.1, 0.15) is 31.8 Å². The Morgan fingerprint density at radius 3 is 1.21 bits per heavy atom. The lowest BCUT2D eigenvalue weighted by atomic mass is 10.0. The van der Waals surface area contributed by atoms with Crippen molar-refractivity contribution < 1.29 is 26.4 Å². The van der Waals surface area contributed by atoms with Crippen molar-refractivity contribution in [2.45, 2.75) is 16.2 Å². The SMILES string of the molecule is CS(=O)(=O)c1ccccc1C(=O)Nc1ccc(Cc2ccc(NC(=O)c3ccccc3S(C)(=O)=O)cc2)cc1. The van der Waals surface area contributed by atoms with Gasteiger partial charge in [0.25, 0.3) is 11.8 Å². The molecule has 0 saturated heterocycles. The van der Waals surface area contributed by atoms with Crippen LogP contribution < -0.4 is 10.6 Å². The lowest BCUT2D eigenvalue weighted by Crippen LogP contribution is -2.16. The molecule has 0 unspecified atom stereocenters. The summed E-state index contributed by atoms with van der Waals surface area (Å²) in [6, 6.07) is 26.5. The Balaban J connectivity index is 1.40. The summed E-state index contributed by atoms with van der Waals surface area (Å²) in [6.07, 6.45) is 2.72. The zero-order valence-corrected chi connectivity index (χ0v) is 22.8. The Kier molecular flexibility index (Phi) is 7.98. The highest BCUT2D eigenvalue weighted by molar-refractivity contribution is 7.91. The summed E-state index contributed by atoms with van der Waals surface area (Å²) in [7, 11) is -7.10. The number of benzene rings is 4. The van der Waals surface area contributed by atoms with Crippen LogP contribution >= 0.6 is 0 Å². The van der Waals surface area contributed by atoms with Crippen LogP contribution in [-0.2, 0) is 26.1 Å². The quantitative estimate of drug-likeness (QED) is 0.324. The van der Waals surface area contributed by atoms with Crippen LogP contribution in [0.3, 0.4) is 0 Å². The molecular formula is C29H26N2O6S2. The number of hydrogen-bond acceptors (Lipinski definition) is 6. The first-order chi connectivity index (χ1) is 18.4. The third kappa shape index (κ3) is 6.98. The van der Waals surface area contributed by atoms with Crippen LogP contribution in [0.15, 0.2) is 107 Å². The third-order valence-corrected chi connectivity index (χ3v) is 8.20. The molecule has 0 saturated carbocycles. The van der Waals surface area contributed by atoms with Gasteiger partial charge in [0, 0.05) is 23.9 Å². The maximum Gasteiger partial charge on any atom is 0.256 e. The molecule has 0 fully saturated rings. The molecule has 2 N–H and O–H groups in total. The van der Waals surface area contributed by atoms with Gasteiger partial charge in [0.2, 0.25) is 0 Å². The minimum atomic E-state index is -3.55. The molecule has 0 bridgehead atoms. The number of sulfone groups is 2. The first-order valence-electron chi connectivity index (χ1n) is 11.8. The molecule has 4 rings (SSSR count). The van der Waals surface area contributed by atoms with Crippen LogP contribution in [0.5, 0.6) is 0 Å². The maximum atomic E-state index is 12.7. The van der Waals surface area contributed by atoms with E-state index < -0.39 is 31.5 Å². The molecule has 0 aliphatic carbocycles. The largest absolute Gasteiger partial charge is 0.322 e. The second kappa shape index (κ2) is 11.2. The van der Waals surface area contributed by atoms with Gasteiger partial charge in [0.1, 0.15) is 0 Å². The average molecular weight is 563 g/mol. The zero-order valence-electron chi connectivity index (χ0n) is 21.2. The molecule has 10 heteroatoms. The van der Waals surface area contributed by atoms with E-state index in [1.165, 1.54) is 24.3 Å². The average Bonchev–Trinajstić information content (AvgIpc) is 2.90. The van der Waals surface area contributed by atoms with E-state index in [1.54, 1.807) is 48.5 Å². The van der Waals surface area contributed by atoms with Gasteiger partial charge in [-0.15, -0.1) is 0 Å². The Bertz CT molecular complexity index is 1620. The first-order valence-corrected chi connectivity index (χ1v) is 15.6. The van der Waals surface area contributed by atoms with Crippen LogP contribution in [0, 0.1) is 0 Å². The van der Waals surface area contributed by atoms with Gasteiger partial charge in [-0.1, -0.05) is 48.5 Å². The fourth-order valence-electron chi connectivity index (χ4n) is 4.00. The van der Waals surface area contributed by atoms with Crippen LogP contribution in [-0.4, -0.2) is 41.2 Å². The normalized spacial score (nSPS) is 11.5. The van der Waals surface area contributed by atoms with Crippen molar-refractivity contribution in [1.82, 2.24) is 0 Å². The third-order valence-electron chi connectivity index (χ3n) is 5.89. The van der Waals surface area contributed by atoms with Gasteiger partial charge < -0.3 is 10.6 Å². The van der Waals surface area contributed by atoms with E-state index in [4.69, 9.17) is 0 Å². The van der Waals surface area contributed by atoms with Gasteiger partial charge in [-0.2, -0.15) is 0 Å². The Morgan fingerprint density at radius 2 is 0.872 bits per heavy atom. The summed E-state index contributed by atoms with van der Waals surface area (Å²) in [6.45, 7) is 0. The maximum absolute atomic E-state index is 12.7. The molecule has 0 aromatic heterocycles. The Morgan fingerprint density at radius 1 is 0.538 bits per heavy atom. The number of rotatable bonds is 8. The lowest BCUT2D eigenvalue weighted by Gasteiger charge is -2.11. The molecule has 200 valence electrons. The van der Waals surface area contributed by atoms with Crippen molar-refractivity contribution in [2.24, 2.45) is 0 Å². The van der Waals surface area contributed by atoms with Crippen molar-refractivity contribution in [3.63, 3.8) is 0 Å². The molecular weight excluding hydrogens is 536 g/mol. The van der Waals surface area contributed by atoms with Gasteiger partial charge in [-0.25, -0.2) is 16.8 Å². The molecule has 8 nitrogen and oxygen atoms in total. The second-order valence-electron chi connectivity index (χ2n) is 9.02. The lowest BCUT2D eigenvalue weighted by molar-refractivity contribution is 0.101. The summed E-state index contributed by atoms with van der Waals surface area (Å²) < 4.78 is 48.0. The second-order valence-corrected chi connectivity index (χ2v) is 13.0. The number of amides is 2. The van der Waals surface area contributed by atoms with Crippen molar-refractivity contribution >= 4 is 42.9 Å². The molecule has 39 heavy (non-hydrogen) atoms. The zero-order chi connectivity index (χ0) is 28.2.